The quantitative estimate of drug-likeness (QED) is 0.0392. The molecule has 0 radical (unpaired) electrons. The molecule has 0 unspecified atom stereocenters. The van der Waals surface area contributed by atoms with Gasteiger partial charge in [-0.3, -0.25) is 4.79 Å². The minimum absolute atomic E-state index is 0.0402. The van der Waals surface area contributed by atoms with E-state index in [1.165, 1.54) is 32.6 Å². The number of ether oxygens (including phenoxy) is 7. The predicted octanol–water partition coefficient (Wildman–Crippen LogP) is 15.0. The molecule has 2 aliphatic rings. The van der Waals surface area contributed by atoms with Crippen molar-refractivity contribution in [3.63, 3.8) is 0 Å². The van der Waals surface area contributed by atoms with Crippen LogP contribution in [0.15, 0.2) is 91.0 Å². The Balaban J connectivity index is 1.62. The monoisotopic (exact) mass is 1120 g/mol. The summed E-state index contributed by atoms with van der Waals surface area (Å²) in [6, 6.07) is 30.0. The van der Waals surface area contributed by atoms with Crippen molar-refractivity contribution in [2.45, 2.75) is 249 Å². The number of thioether (sulfide) groups is 1. The lowest BCUT2D eigenvalue weighted by atomic mass is 9.97. The van der Waals surface area contributed by atoms with Crippen LogP contribution in [0.5, 0.6) is 0 Å². The average Bonchev–Trinajstić information content (AvgIpc) is 3.34. The Labute approximate surface area is 467 Å². The van der Waals surface area contributed by atoms with Crippen molar-refractivity contribution < 1.29 is 51.2 Å². The van der Waals surface area contributed by atoms with E-state index in [9.17, 15) is 4.79 Å². The van der Waals surface area contributed by atoms with Crippen LogP contribution in [0.1, 0.15) is 131 Å². The van der Waals surface area contributed by atoms with Crippen molar-refractivity contribution in [2.75, 3.05) is 19.0 Å². The Kier molecular flexibility index (Phi) is 24.6. The van der Waals surface area contributed by atoms with E-state index in [0.717, 1.165) is 35.3 Å². The van der Waals surface area contributed by atoms with Gasteiger partial charge in [-0.25, -0.2) is 0 Å². The summed E-state index contributed by atoms with van der Waals surface area (Å²) in [6.45, 7) is 39.2. The normalized spacial score (nSPS) is 25.1. The van der Waals surface area contributed by atoms with Gasteiger partial charge in [0.25, 0.3) is 0 Å². The van der Waals surface area contributed by atoms with Gasteiger partial charge >= 0.3 is 5.97 Å². The highest BCUT2D eigenvalue weighted by molar-refractivity contribution is 7.99. The standard InChI is InChI=1S/C61H100O11SSi3/c1-18-19-20-21-22-32-39-73-58-56(72-76(16,17)61(9,10)11)54(71-75(14,15)60(6,7)8)52(70-74(12,13)59(3,4)5)50(69-58)44-66-57-55(67-45(2)62)53(65-42-48-37-30-25-31-38-48)51(64-41-47-35-28-24-29-36-47)49(68-57)43-63-40-46-33-26-23-27-34-46/h23-31,33-38,49-58H,18-22,32,39-44H2,1-17H3/t49-,50-,51-,52+,53+,54-,55-,56-,57-,58+/m1/s1. The summed E-state index contributed by atoms with van der Waals surface area (Å²) >= 11 is 1.83. The number of hydrogen-bond acceptors (Lipinski definition) is 12. The maximum absolute atomic E-state index is 13.4. The molecule has 0 bridgehead atoms. The third-order valence-corrected chi connectivity index (χ3v) is 31.0. The highest BCUT2D eigenvalue weighted by atomic mass is 32.2. The number of carbonyl (C=O) groups is 1. The molecule has 15 heteroatoms. The van der Waals surface area contributed by atoms with Gasteiger partial charge in [-0.05, 0) is 83.3 Å². The molecule has 0 spiro atoms. The van der Waals surface area contributed by atoms with E-state index in [-0.39, 0.29) is 47.0 Å². The highest BCUT2D eigenvalue weighted by Gasteiger charge is 2.57. The molecule has 10 atom stereocenters. The van der Waals surface area contributed by atoms with E-state index in [0.29, 0.717) is 6.61 Å². The molecule has 2 aliphatic heterocycles. The second kappa shape index (κ2) is 29.0. The van der Waals surface area contributed by atoms with Crippen LogP contribution in [0.25, 0.3) is 0 Å². The minimum atomic E-state index is -2.55. The molecule has 0 N–H and O–H groups in total. The molecule has 76 heavy (non-hydrogen) atoms. The maximum atomic E-state index is 13.4. The van der Waals surface area contributed by atoms with Crippen molar-refractivity contribution >= 4 is 42.7 Å². The molecule has 3 aromatic carbocycles. The Bertz CT molecular complexity index is 2130. The Morgan fingerprint density at radius 1 is 0.500 bits per heavy atom. The number of hydrogen-bond donors (Lipinski definition) is 0. The molecule has 11 nitrogen and oxygen atoms in total. The van der Waals surface area contributed by atoms with Gasteiger partial charge < -0.3 is 46.4 Å². The third kappa shape index (κ3) is 18.9. The highest BCUT2D eigenvalue weighted by Crippen LogP contribution is 2.48. The van der Waals surface area contributed by atoms with Crippen LogP contribution in [0.4, 0.5) is 0 Å². The fourth-order valence-electron chi connectivity index (χ4n) is 8.63. The van der Waals surface area contributed by atoms with Gasteiger partial charge in [0.05, 0.1) is 33.0 Å². The molecule has 5 rings (SSSR count). The number of rotatable bonds is 28. The zero-order valence-electron chi connectivity index (χ0n) is 49.8. The van der Waals surface area contributed by atoms with Crippen molar-refractivity contribution in [1.82, 2.24) is 0 Å². The molecule has 0 amide bonds. The third-order valence-electron chi connectivity index (χ3n) is 16.4. The number of esters is 1. The second-order valence-corrected chi connectivity index (χ2v) is 41.2. The van der Waals surface area contributed by atoms with Crippen LogP contribution in [-0.4, -0.2) is 110 Å². The molecule has 3 aromatic rings. The smallest absolute Gasteiger partial charge is 0.303 e. The number of unbranched alkanes of at least 4 members (excludes halogenated alkanes) is 5. The summed E-state index contributed by atoms with van der Waals surface area (Å²) in [5.74, 6) is 0.418. The predicted molar refractivity (Wildman–Crippen MR) is 317 cm³/mol. The molecule has 2 saturated heterocycles. The van der Waals surface area contributed by atoms with E-state index < -0.39 is 86.0 Å². The van der Waals surface area contributed by atoms with Gasteiger partial charge in [-0.15, -0.1) is 11.8 Å². The Hall–Kier alpha value is -2.23. The average molecular weight is 1130 g/mol. The molecule has 0 saturated carbocycles. The van der Waals surface area contributed by atoms with E-state index >= 15 is 0 Å². The lowest BCUT2D eigenvalue weighted by molar-refractivity contribution is -0.327. The number of carbonyl (C=O) groups excluding carboxylic acids is 1. The van der Waals surface area contributed by atoms with E-state index in [2.05, 4.69) is 109 Å². The molecular weight excluding hydrogens is 1020 g/mol. The molecule has 2 heterocycles. The van der Waals surface area contributed by atoms with Gasteiger partial charge in [0, 0.05) is 6.92 Å². The summed E-state index contributed by atoms with van der Waals surface area (Å²) in [5, 5.41) is -0.330. The Morgan fingerprint density at radius 3 is 1.42 bits per heavy atom. The van der Waals surface area contributed by atoms with Crippen LogP contribution >= 0.6 is 11.8 Å². The first-order valence-corrected chi connectivity index (χ1v) is 38.1. The molecule has 428 valence electrons. The van der Waals surface area contributed by atoms with Crippen LogP contribution in [-0.2, 0) is 71.1 Å². The minimum Gasteiger partial charge on any atom is -0.454 e. The number of benzene rings is 3. The van der Waals surface area contributed by atoms with Crippen LogP contribution in [0, 0.1) is 0 Å². The van der Waals surface area contributed by atoms with Gasteiger partial charge in [-0.1, -0.05) is 192 Å². The van der Waals surface area contributed by atoms with E-state index in [1.807, 2.05) is 103 Å². The molecule has 0 aliphatic carbocycles. The van der Waals surface area contributed by atoms with Gasteiger partial charge in [0.2, 0.25) is 0 Å². The Morgan fingerprint density at radius 2 is 0.934 bits per heavy atom. The van der Waals surface area contributed by atoms with Crippen LogP contribution in [0.2, 0.25) is 54.4 Å². The zero-order chi connectivity index (χ0) is 56.0. The second-order valence-electron chi connectivity index (χ2n) is 25.7. The van der Waals surface area contributed by atoms with Gasteiger partial charge in [0.15, 0.2) is 37.3 Å². The van der Waals surface area contributed by atoms with Gasteiger partial charge in [-0.2, -0.15) is 0 Å². The molecule has 2 fully saturated rings. The summed E-state index contributed by atoms with van der Waals surface area (Å²) < 4.78 is 71.4. The first-order chi connectivity index (χ1) is 35.6. The van der Waals surface area contributed by atoms with Crippen molar-refractivity contribution in [2.24, 2.45) is 0 Å². The molecule has 0 aromatic heterocycles. The summed E-state index contributed by atoms with van der Waals surface area (Å²) in [7, 11) is -7.51. The van der Waals surface area contributed by atoms with Crippen LogP contribution in [0.3, 0.4) is 0 Å². The SMILES string of the molecule is CCCCCCCCS[C@@H]1O[C@H](CO[C@@H]2O[C@H](COCc3ccccc3)[C@@H](OCc3ccccc3)[C@H](OCc3ccccc3)[C@H]2OC(C)=O)[C@H](O[Si](C)(C)C(C)(C)C)[C@@H](O[Si](C)(C)C(C)(C)C)[C@H]1O[Si](C)(C)C(C)(C)C. The summed E-state index contributed by atoms with van der Waals surface area (Å²) in [4.78, 5) is 13.4. The lowest BCUT2D eigenvalue weighted by Gasteiger charge is -2.55. The van der Waals surface area contributed by atoms with E-state index in [1.54, 1.807) is 0 Å². The van der Waals surface area contributed by atoms with Crippen molar-refractivity contribution in [3.05, 3.63) is 108 Å². The molecular formula is C61H100O11SSi3. The topological polar surface area (TPSA) is 109 Å². The largest absolute Gasteiger partial charge is 0.454 e. The van der Waals surface area contributed by atoms with Crippen LogP contribution < -0.4 is 0 Å². The fraction of sp³-hybridized carbons (Fsp3) is 0.689. The first-order valence-electron chi connectivity index (χ1n) is 28.3. The lowest BCUT2D eigenvalue weighted by Crippen LogP contribution is -2.68. The van der Waals surface area contributed by atoms with E-state index in [4.69, 9.17) is 46.4 Å². The first kappa shape index (κ1) is 64.6. The summed E-state index contributed by atoms with van der Waals surface area (Å²) in [5.41, 5.74) is 2.58. The van der Waals surface area contributed by atoms with Crippen molar-refractivity contribution in [3.8, 4) is 0 Å². The van der Waals surface area contributed by atoms with Gasteiger partial charge in [0.1, 0.15) is 48.2 Å². The fourth-order valence-corrected chi connectivity index (χ4v) is 13.9. The maximum Gasteiger partial charge on any atom is 0.303 e. The zero-order valence-corrected chi connectivity index (χ0v) is 53.6. The summed E-state index contributed by atoms with van der Waals surface area (Å²) in [6.07, 6.45) is 0.656. The van der Waals surface area contributed by atoms with Crippen molar-refractivity contribution in [1.29, 1.82) is 0 Å².